The molecule has 0 N–H and O–H groups in total. The molecule has 0 saturated carbocycles. The van der Waals surface area contributed by atoms with Crippen molar-refractivity contribution >= 4 is 16.8 Å². The van der Waals surface area contributed by atoms with Crippen LogP contribution in [0.1, 0.15) is 23.8 Å². The van der Waals surface area contributed by atoms with Crippen molar-refractivity contribution in [2.75, 3.05) is 0 Å². The smallest absolute Gasteiger partial charge is 0.231 e. The van der Waals surface area contributed by atoms with Gasteiger partial charge in [-0.25, -0.2) is 0 Å². The minimum Gasteiger partial charge on any atom is -0.285 e. The first kappa shape index (κ1) is 9.00. The lowest BCUT2D eigenvalue weighted by molar-refractivity contribution is 0.0912. The summed E-state index contributed by atoms with van der Waals surface area (Å²) in [7, 11) is 0. The van der Waals surface area contributed by atoms with Crippen LogP contribution in [0.4, 0.5) is 0 Å². The molecule has 0 fully saturated rings. The maximum Gasteiger partial charge on any atom is 0.231 e. The molecule has 2 aromatic rings. The zero-order valence-corrected chi connectivity index (χ0v) is 8.45. The molecule has 0 aliphatic heterocycles. The molecule has 1 aromatic carbocycles. The van der Waals surface area contributed by atoms with Crippen molar-refractivity contribution in [2.45, 2.75) is 20.3 Å². The number of carbonyl (C=O) groups excluding carboxylic acids is 1. The van der Waals surface area contributed by atoms with E-state index in [0.29, 0.717) is 6.42 Å². The zero-order valence-electron chi connectivity index (χ0n) is 8.45. The highest BCUT2D eigenvalue weighted by Crippen LogP contribution is 2.19. The van der Waals surface area contributed by atoms with Gasteiger partial charge in [-0.15, -0.1) is 0 Å². The van der Waals surface area contributed by atoms with E-state index in [4.69, 9.17) is 0 Å². The van der Waals surface area contributed by atoms with Crippen LogP contribution in [0.25, 0.3) is 10.9 Å². The van der Waals surface area contributed by atoms with E-state index in [0.717, 1.165) is 16.6 Å². The minimum atomic E-state index is 0.156. The maximum atomic E-state index is 11.7. The van der Waals surface area contributed by atoms with E-state index < -0.39 is 0 Å². The molecule has 2 rings (SSSR count). The number of fused-ring (bicyclic) bond motifs is 1. The summed E-state index contributed by atoms with van der Waals surface area (Å²) < 4.78 is 1.79. The molecule has 0 unspecified atom stereocenters. The number of hydrogen-bond donors (Lipinski definition) is 0. The van der Waals surface area contributed by atoms with Crippen LogP contribution in [-0.2, 0) is 0 Å². The second-order valence-electron chi connectivity index (χ2n) is 3.43. The fraction of sp³-hybridized carbons (Fsp3) is 0.250. The highest BCUT2D eigenvalue weighted by molar-refractivity contribution is 5.93. The number of rotatable bonds is 1. The number of benzene rings is 1. The Kier molecular flexibility index (Phi) is 2.12. The molecular formula is C12H13NO. The molecule has 0 radical (unpaired) electrons. The van der Waals surface area contributed by atoms with E-state index in [1.165, 1.54) is 0 Å². The van der Waals surface area contributed by atoms with E-state index in [1.807, 2.05) is 44.2 Å². The van der Waals surface area contributed by atoms with Gasteiger partial charge in [-0.2, -0.15) is 0 Å². The molecule has 72 valence electrons. The van der Waals surface area contributed by atoms with Crippen LogP contribution >= 0.6 is 0 Å². The van der Waals surface area contributed by atoms with Crippen LogP contribution < -0.4 is 0 Å². The van der Waals surface area contributed by atoms with E-state index in [2.05, 4.69) is 0 Å². The van der Waals surface area contributed by atoms with Gasteiger partial charge >= 0.3 is 0 Å². The molecule has 0 spiro atoms. The van der Waals surface area contributed by atoms with Gasteiger partial charge in [-0.05, 0) is 19.1 Å². The molecule has 0 saturated heterocycles. The summed E-state index contributed by atoms with van der Waals surface area (Å²) in [6.07, 6.45) is 0.541. The zero-order chi connectivity index (χ0) is 10.1. The van der Waals surface area contributed by atoms with Gasteiger partial charge in [0.05, 0.1) is 5.52 Å². The molecule has 0 amide bonds. The SMILES string of the molecule is CCC(=O)n1c(C)cc2ccccc21. The number of hydrogen-bond acceptors (Lipinski definition) is 1. The molecule has 0 aliphatic rings. The fourth-order valence-electron chi connectivity index (χ4n) is 1.78. The number of aromatic nitrogens is 1. The first-order valence-corrected chi connectivity index (χ1v) is 4.84. The van der Waals surface area contributed by atoms with Gasteiger partial charge in [-0.3, -0.25) is 9.36 Å². The molecule has 0 atom stereocenters. The first-order chi connectivity index (χ1) is 6.74. The van der Waals surface area contributed by atoms with E-state index in [1.54, 1.807) is 4.57 Å². The fourth-order valence-corrected chi connectivity index (χ4v) is 1.78. The lowest BCUT2D eigenvalue weighted by Gasteiger charge is -2.03. The lowest BCUT2D eigenvalue weighted by Crippen LogP contribution is -2.09. The van der Waals surface area contributed by atoms with Gasteiger partial charge in [0, 0.05) is 17.5 Å². The van der Waals surface area contributed by atoms with Crippen molar-refractivity contribution in [3.05, 3.63) is 36.0 Å². The second-order valence-corrected chi connectivity index (χ2v) is 3.43. The Morgan fingerprint density at radius 1 is 1.36 bits per heavy atom. The molecule has 0 bridgehead atoms. The second kappa shape index (κ2) is 3.29. The third-order valence-electron chi connectivity index (χ3n) is 2.45. The van der Waals surface area contributed by atoms with Gasteiger partial charge in [0.2, 0.25) is 5.91 Å². The molecule has 14 heavy (non-hydrogen) atoms. The Morgan fingerprint density at radius 3 is 2.79 bits per heavy atom. The third-order valence-corrected chi connectivity index (χ3v) is 2.45. The molecule has 2 heteroatoms. The Hall–Kier alpha value is -1.57. The van der Waals surface area contributed by atoms with Gasteiger partial charge in [-0.1, -0.05) is 25.1 Å². The lowest BCUT2D eigenvalue weighted by atomic mass is 10.2. The summed E-state index contributed by atoms with van der Waals surface area (Å²) in [6, 6.07) is 10.0. The summed E-state index contributed by atoms with van der Waals surface area (Å²) >= 11 is 0. The Labute approximate surface area is 83.2 Å². The maximum absolute atomic E-state index is 11.7. The van der Waals surface area contributed by atoms with Crippen molar-refractivity contribution in [3.63, 3.8) is 0 Å². The highest BCUT2D eigenvalue weighted by Gasteiger charge is 2.09. The monoisotopic (exact) mass is 187 g/mol. The van der Waals surface area contributed by atoms with Crippen molar-refractivity contribution in [1.82, 2.24) is 4.57 Å². The van der Waals surface area contributed by atoms with Crippen molar-refractivity contribution in [1.29, 1.82) is 0 Å². The average Bonchev–Trinajstić information content (AvgIpc) is 2.53. The number of carbonyl (C=O) groups is 1. The Bertz CT molecular complexity index is 482. The van der Waals surface area contributed by atoms with Gasteiger partial charge in [0.1, 0.15) is 0 Å². The molecule has 0 aliphatic carbocycles. The molecule has 2 nitrogen and oxygen atoms in total. The van der Waals surface area contributed by atoms with Crippen LogP contribution in [0.3, 0.4) is 0 Å². The summed E-state index contributed by atoms with van der Waals surface area (Å²) in [5.41, 5.74) is 2.02. The normalized spacial score (nSPS) is 10.7. The van der Waals surface area contributed by atoms with Crippen LogP contribution in [0.15, 0.2) is 30.3 Å². The standard InChI is InChI=1S/C12H13NO/c1-3-12(14)13-9(2)8-10-6-4-5-7-11(10)13/h4-8H,3H2,1-2H3. The summed E-state index contributed by atoms with van der Waals surface area (Å²) in [5, 5.41) is 1.13. The predicted molar refractivity (Wildman–Crippen MR) is 57.6 cm³/mol. The van der Waals surface area contributed by atoms with Crippen LogP contribution in [0, 0.1) is 6.92 Å². The molecular weight excluding hydrogens is 174 g/mol. The average molecular weight is 187 g/mol. The van der Waals surface area contributed by atoms with Crippen molar-refractivity contribution in [3.8, 4) is 0 Å². The number of aryl methyl sites for hydroxylation is 1. The quantitative estimate of drug-likeness (QED) is 0.672. The highest BCUT2D eigenvalue weighted by atomic mass is 16.2. The van der Waals surface area contributed by atoms with E-state index >= 15 is 0 Å². The van der Waals surface area contributed by atoms with Crippen LogP contribution in [0.5, 0.6) is 0 Å². The molecule has 1 aromatic heterocycles. The van der Waals surface area contributed by atoms with Crippen molar-refractivity contribution < 1.29 is 4.79 Å². The largest absolute Gasteiger partial charge is 0.285 e. The summed E-state index contributed by atoms with van der Waals surface area (Å²) in [5.74, 6) is 0.156. The van der Waals surface area contributed by atoms with Crippen LogP contribution in [-0.4, -0.2) is 10.5 Å². The first-order valence-electron chi connectivity index (χ1n) is 4.84. The number of para-hydroxylation sites is 1. The topological polar surface area (TPSA) is 22.0 Å². The van der Waals surface area contributed by atoms with Gasteiger partial charge in [0.15, 0.2) is 0 Å². The summed E-state index contributed by atoms with van der Waals surface area (Å²) in [6.45, 7) is 3.85. The Morgan fingerprint density at radius 2 is 2.07 bits per heavy atom. The number of nitrogens with zero attached hydrogens (tertiary/aromatic N) is 1. The van der Waals surface area contributed by atoms with E-state index in [9.17, 15) is 4.79 Å². The van der Waals surface area contributed by atoms with Gasteiger partial charge < -0.3 is 0 Å². The van der Waals surface area contributed by atoms with Crippen molar-refractivity contribution in [2.24, 2.45) is 0 Å². The van der Waals surface area contributed by atoms with Gasteiger partial charge in [0.25, 0.3) is 0 Å². The molecule has 1 heterocycles. The van der Waals surface area contributed by atoms with Crippen LogP contribution in [0.2, 0.25) is 0 Å². The third kappa shape index (κ3) is 1.23. The summed E-state index contributed by atoms with van der Waals surface area (Å²) in [4.78, 5) is 11.7. The Balaban J connectivity index is 2.74. The van der Waals surface area contributed by atoms with E-state index in [-0.39, 0.29) is 5.91 Å². The predicted octanol–water partition coefficient (Wildman–Crippen LogP) is 3.00. The minimum absolute atomic E-state index is 0.156.